The molecule has 0 atom stereocenters. The minimum absolute atomic E-state index is 0.0857. The van der Waals surface area contributed by atoms with Gasteiger partial charge in [-0.05, 0) is 25.1 Å². The van der Waals surface area contributed by atoms with E-state index in [0.29, 0.717) is 28.2 Å². The summed E-state index contributed by atoms with van der Waals surface area (Å²) >= 11 is 4.28. The molecule has 4 aromatic rings. The quantitative estimate of drug-likeness (QED) is 0.416. The summed E-state index contributed by atoms with van der Waals surface area (Å²) < 4.78 is 44.0. The van der Waals surface area contributed by atoms with E-state index in [2.05, 4.69) is 20.9 Å². The molecule has 2 aromatic heterocycles. The molecule has 0 amide bonds. The normalized spacial score (nSPS) is 11.6. The highest BCUT2D eigenvalue weighted by Gasteiger charge is 2.23. The van der Waals surface area contributed by atoms with Crippen LogP contribution < -0.4 is 0 Å². The Kier molecular flexibility index (Phi) is 4.23. The van der Waals surface area contributed by atoms with Crippen molar-refractivity contribution in [1.29, 1.82) is 0 Å². The summed E-state index contributed by atoms with van der Waals surface area (Å²) in [5, 5.41) is 10.2. The number of aliphatic carboxylic acids is 1. The number of rotatable bonds is 3. The number of fused-ring (bicyclic) bond motifs is 2. The fourth-order valence-electron chi connectivity index (χ4n) is 3.15. The lowest BCUT2D eigenvalue weighted by atomic mass is 10.1. The van der Waals surface area contributed by atoms with Gasteiger partial charge in [-0.3, -0.25) is 4.79 Å². The SMILES string of the molecule is Cc1c(-c2nc3c(F)c(F)cc(F)c3s2)c2cc(Br)ccc2n1CC(=O)O. The van der Waals surface area contributed by atoms with Gasteiger partial charge in [0.2, 0.25) is 0 Å². The molecular weight excluding hydrogens is 445 g/mol. The average Bonchev–Trinajstić information content (AvgIpc) is 3.13. The van der Waals surface area contributed by atoms with Gasteiger partial charge in [-0.25, -0.2) is 18.2 Å². The largest absolute Gasteiger partial charge is 0.480 e. The zero-order valence-corrected chi connectivity index (χ0v) is 16.1. The van der Waals surface area contributed by atoms with E-state index >= 15 is 0 Å². The lowest BCUT2D eigenvalue weighted by molar-refractivity contribution is -0.137. The lowest BCUT2D eigenvalue weighted by Crippen LogP contribution is -2.09. The molecule has 0 bridgehead atoms. The Hall–Kier alpha value is -2.39. The van der Waals surface area contributed by atoms with Gasteiger partial charge in [-0.1, -0.05) is 15.9 Å². The van der Waals surface area contributed by atoms with Crippen LogP contribution in [0.5, 0.6) is 0 Å². The molecule has 1 N–H and O–H groups in total. The molecule has 0 saturated heterocycles. The molecule has 0 aliphatic carbocycles. The van der Waals surface area contributed by atoms with E-state index in [9.17, 15) is 23.1 Å². The maximum atomic E-state index is 14.1. The Morgan fingerprint density at radius 2 is 2.00 bits per heavy atom. The topological polar surface area (TPSA) is 55.1 Å². The van der Waals surface area contributed by atoms with Crippen LogP contribution >= 0.6 is 27.3 Å². The van der Waals surface area contributed by atoms with E-state index in [0.717, 1.165) is 15.8 Å². The fourth-order valence-corrected chi connectivity index (χ4v) is 4.59. The molecular formula is C18H10BrF3N2O2S. The van der Waals surface area contributed by atoms with Crippen LogP contribution in [-0.2, 0) is 11.3 Å². The number of carboxylic acid groups (broad SMARTS) is 1. The van der Waals surface area contributed by atoms with Crippen molar-refractivity contribution in [2.75, 3.05) is 0 Å². The molecule has 0 fully saturated rings. The molecule has 0 radical (unpaired) electrons. The third-order valence-corrected chi connectivity index (χ3v) is 5.88. The Morgan fingerprint density at radius 1 is 1.26 bits per heavy atom. The first-order chi connectivity index (χ1) is 12.8. The Bertz CT molecular complexity index is 1250. The van der Waals surface area contributed by atoms with E-state index in [1.54, 1.807) is 29.7 Å². The van der Waals surface area contributed by atoms with Crippen LogP contribution in [0.4, 0.5) is 13.2 Å². The summed E-state index contributed by atoms with van der Waals surface area (Å²) in [4.78, 5) is 15.4. The van der Waals surface area contributed by atoms with E-state index < -0.39 is 23.4 Å². The smallest absolute Gasteiger partial charge is 0.323 e. The van der Waals surface area contributed by atoms with Crippen molar-refractivity contribution in [3.05, 3.63) is 51.9 Å². The first kappa shape index (κ1) is 18.0. The molecule has 4 rings (SSSR count). The van der Waals surface area contributed by atoms with Crippen molar-refractivity contribution in [3.63, 3.8) is 0 Å². The number of benzene rings is 2. The maximum absolute atomic E-state index is 14.1. The molecule has 0 aliphatic heterocycles. The molecule has 0 spiro atoms. The van der Waals surface area contributed by atoms with Crippen molar-refractivity contribution < 1.29 is 23.1 Å². The zero-order chi connectivity index (χ0) is 19.5. The Balaban J connectivity index is 2.07. The van der Waals surface area contributed by atoms with Gasteiger partial charge >= 0.3 is 5.97 Å². The van der Waals surface area contributed by atoms with E-state index in [-0.39, 0.29) is 21.8 Å². The number of thiazole rings is 1. The predicted molar refractivity (Wildman–Crippen MR) is 100 cm³/mol. The van der Waals surface area contributed by atoms with Crippen molar-refractivity contribution in [2.45, 2.75) is 13.5 Å². The van der Waals surface area contributed by atoms with Crippen molar-refractivity contribution in [2.24, 2.45) is 0 Å². The summed E-state index contributed by atoms with van der Waals surface area (Å²) in [5.41, 5.74) is 1.43. The second kappa shape index (κ2) is 6.35. The first-order valence-electron chi connectivity index (χ1n) is 7.72. The van der Waals surface area contributed by atoms with Gasteiger partial charge in [0.25, 0.3) is 0 Å². The second-order valence-corrected chi connectivity index (χ2v) is 7.87. The summed E-state index contributed by atoms with van der Waals surface area (Å²) in [5.74, 6) is -4.42. The van der Waals surface area contributed by atoms with Crippen LogP contribution in [-0.4, -0.2) is 20.6 Å². The summed E-state index contributed by atoms with van der Waals surface area (Å²) in [7, 11) is 0. The third-order valence-electron chi connectivity index (χ3n) is 4.31. The lowest BCUT2D eigenvalue weighted by Gasteiger charge is -2.04. The van der Waals surface area contributed by atoms with Crippen molar-refractivity contribution in [1.82, 2.24) is 9.55 Å². The predicted octanol–water partition coefficient (Wildman–Crippen LogP) is 5.49. The van der Waals surface area contributed by atoms with Crippen LogP contribution in [0.15, 0.2) is 28.7 Å². The number of hydrogen-bond donors (Lipinski definition) is 1. The van der Waals surface area contributed by atoms with Crippen molar-refractivity contribution >= 4 is 54.4 Å². The van der Waals surface area contributed by atoms with Gasteiger partial charge in [0.05, 0.1) is 4.70 Å². The van der Waals surface area contributed by atoms with Gasteiger partial charge in [-0.2, -0.15) is 0 Å². The molecule has 2 heterocycles. The first-order valence-corrected chi connectivity index (χ1v) is 9.33. The molecule has 2 aromatic carbocycles. The van der Waals surface area contributed by atoms with Gasteiger partial charge < -0.3 is 9.67 Å². The maximum Gasteiger partial charge on any atom is 0.323 e. The van der Waals surface area contributed by atoms with Crippen LogP contribution in [0.25, 0.3) is 31.7 Å². The molecule has 9 heteroatoms. The van der Waals surface area contributed by atoms with Gasteiger partial charge in [-0.15, -0.1) is 11.3 Å². The highest BCUT2D eigenvalue weighted by Crippen LogP contribution is 2.41. The Labute approximate surface area is 163 Å². The number of carboxylic acids is 1. The highest BCUT2D eigenvalue weighted by atomic mass is 79.9. The Morgan fingerprint density at radius 3 is 2.70 bits per heavy atom. The third kappa shape index (κ3) is 2.81. The minimum atomic E-state index is -1.30. The van der Waals surface area contributed by atoms with Crippen molar-refractivity contribution in [3.8, 4) is 10.6 Å². The molecule has 138 valence electrons. The number of aromatic nitrogens is 2. The second-order valence-electron chi connectivity index (χ2n) is 5.95. The van der Waals surface area contributed by atoms with Crippen LogP contribution in [0, 0.1) is 24.4 Å². The van der Waals surface area contributed by atoms with Crippen LogP contribution in [0.3, 0.4) is 0 Å². The van der Waals surface area contributed by atoms with Crippen LogP contribution in [0.2, 0.25) is 0 Å². The molecule has 27 heavy (non-hydrogen) atoms. The monoisotopic (exact) mass is 454 g/mol. The van der Waals surface area contributed by atoms with E-state index in [1.807, 2.05) is 0 Å². The van der Waals surface area contributed by atoms with Crippen LogP contribution in [0.1, 0.15) is 5.69 Å². The minimum Gasteiger partial charge on any atom is -0.480 e. The summed E-state index contributed by atoms with van der Waals surface area (Å²) in [6.07, 6.45) is 0. The fraction of sp³-hybridized carbons (Fsp3) is 0.111. The highest BCUT2D eigenvalue weighted by molar-refractivity contribution is 9.10. The molecule has 0 unspecified atom stereocenters. The number of carbonyl (C=O) groups is 1. The number of nitrogens with zero attached hydrogens (tertiary/aromatic N) is 2. The standard InChI is InChI=1S/C18H10BrF3N2O2S/c1-7-14(9-4-8(19)2-3-12(9)24(7)6-13(25)26)18-23-16-15(22)10(20)5-11(21)17(16)27-18/h2-5H,6H2,1H3,(H,25,26). The van der Waals surface area contributed by atoms with E-state index in [4.69, 9.17) is 0 Å². The zero-order valence-electron chi connectivity index (χ0n) is 13.7. The van der Waals surface area contributed by atoms with Gasteiger partial charge in [0.1, 0.15) is 22.9 Å². The molecule has 4 nitrogen and oxygen atoms in total. The average molecular weight is 455 g/mol. The summed E-state index contributed by atoms with van der Waals surface area (Å²) in [6, 6.07) is 5.82. The number of hydrogen-bond acceptors (Lipinski definition) is 3. The molecule has 0 saturated carbocycles. The van der Waals surface area contributed by atoms with E-state index in [1.165, 1.54) is 0 Å². The number of halogens is 4. The van der Waals surface area contributed by atoms with Gasteiger partial charge in [0, 0.05) is 32.7 Å². The summed E-state index contributed by atoms with van der Waals surface area (Å²) in [6.45, 7) is 1.44. The van der Waals surface area contributed by atoms with Gasteiger partial charge in [0.15, 0.2) is 11.6 Å². The molecule has 0 aliphatic rings.